The summed E-state index contributed by atoms with van der Waals surface area (Å²) < 4.78 is 0. The van der Waals surface area contributed by atoms with E-state index in [0.29, 0.717) is 41.8 Å². The Bertz CT molecular complexity index is 1290. The minimum atomic E-state index is -0.208. The molecule has 2 N–H and O–H groups in total. The first kappa shape index (κ1) is 28.5. The molecule has 0 aliphatic carbocycles. The second kappa shape index (κ2) is 13.1. The summed E-state index contributed by atoms with van der Waals surface area (Å²) in [6.07, 6.45) is 7.32. The summed E-state index contributed by atoms with van der Waals surface area (Å²) in [7, 11) is 0. The van der Waals surface area contributed by atoms with Gasteiger partial charge in [-0.2, -0.15) is 5.10 Å². The van der Waals surface area contributed by atoms with Crippen LogP contribution in [0, 0.1) is 0 Å². The minimum absolute atomic E-state index is 0.00829. The predicted octanol–water partition coefficient (Wildman–Crippen LogP) is 4.96. The van der Waals surface area contributed by atoms with Gasteiger partial charge in [0, 0.05) is 49.9 Å². The molecule has 40 heavy (non-hydrogen) atoms. The van der Waals surface area contributed by atoms with E-state index in [2.05, 4.69) is 43.5 Å². The van der Waals surface area contributed by atoms with Gasteiger partial charge in [-0.25, -0.2) is 0 Å². The molecular weight excluding hydrogens is 547 g/mol. The Labute approximate surface area is 245 Å². The van der Waals surface area contributed by atoms with E-state index in [1.807, 2.05) is 35.2 Å². The molecule has 0 spiro atoms. The predicted molar refractivity (Wildman–Crippen MR) is 159 cm³/mol. The molecule has 3 aromatic rings. The first-order chi connectivity index (χ1) is 19.4. The summed E-state index contributed by atoms with van der Waals surface area (Å²) in [5.41, 5.74) is 2.60. The molecule has 2 amide bonds. The summed E-state index contributed by atoms with van der Waals surface area (Å²) >= 11 is 12.7. The number of carbonyl (C=O) groups is 2. The maximum Gasteiger partial charge on any atom is 0.257 e. The van der Waals surface area contributed by atoms with E-state index in [1.165, 1.54) is 0 Å². The number of carbonyl (C=O) groups excluding carboxylic acids is 2. The van der Waals surface area contributed by atoms with Crippen molar-refractivity contribution in [1.82, 2.24) is 25.3 Å². The molecule has 2 aromatic carbocycles. The van der Waals surface area contributed by atoms with Crippen LogP contribution in [0.1, 0.15) is 48.0 Å². The van der Waals surface area contributed by atoms with E-state index < -0.39 is 0 Å². The lowest BCUT2D eigenvalue weighted by molar-refractivity contribution is -0.121. The monoisotopic (exact) mass is 582 g/mol. The van der Waals surface area contributed by atoms with Gasteiger partial charge in [0.05, 0.1) is 28.5 Å². The number of para-hydroxylation sites is 1. The molecule has 0 saturated carbocycles. The highest BCUT2D eigenvalue weighted by atomic mass is 35.5. The van der Waals surface area contributed by atoms with Gasteiger partial charge < -0.3 is 20.0 Å². The van der Waals surface area contributed by atoms with Gasteiger partial charge in [-0.05, 0) is 68.6 Å². The van der Waals surface area contributed by atoms with Gasteiger partial charge in [-0.3, -0.25) is 14.7 Å². The van der Waals surface area contributed by atoms with Gasteiger partial charge in [-0.15, -0.1) is 0 Å². The van der Waals surface area contributed by atoms with Crippen LogP contribution in [0.25, 0.3) is 0 Å². The van der Waals surface area contributed by atoms with E-state index in [9.17, 15) is 9.59 Å². The molecule has 0 radical (unpaired) electrons. The number of hydrogen-bond acceptors (Lipinski definition) is 5. The van der Waals surface area contributed by atoms with Crippen LogP contribution < -0.4 is 10.2 Å². The van der Waals surface area contributed by atoms with Crippen molar-refractivity contribution in [3.05, 3.63) is 82.1 Å². The molecule has 2 aliphatic heterocycles. The minimum Gasteiger partial charge on any atom is -0.353 e. The van der Waals surface area contributed by atoms with Gasteiger partial charge in [0.1, 0.15) is 0 Å². The Balaban J connectivity index is 1.28. The van der Waals surface area contributed by atoms with Crippen LogP contribution in [0.15, 0.2) is 60.9 Å². The molecule has 1 unspecified atom stereocenters. The largest absolute Gasteiger partial charge is 0.353 e. The van der Waals surface area contributed by atoms with E-state index in [-0.39, 0.29) is 17.2 Å². The van der Waals surface area contributed by atoms with E-state index in [4.69, 9.17) is 23.2 Å². The first-order valence-electron chi connectivity index (χ1n) is 14.0. The van der Waals surface area contributed by atoms with Crippen LogP contribution in [0.5, 0.6) is 0 Å². The molecule has 3 heterocycles. The molecule has 2 fully saturated rings. The zero-order valence-corrected chi connectivity index (χ0v) is 24.1. The second-order valence-electron chi connectivity index (χ2n) is 10.8. The third-order valence-corrected chi connectivity index (χ3v) is 8.94. The number of H-pyrrole nitrogens is 1. The van der Waals surface area contributed by atoms with Gasteiger partial charge in [0.25, 0.3) is 5.91 Å². The number of benzene rings is 2. The summed E-state index contributed by atoms with van der Waals surface area (Å²) in [6.45, 7) is 5.35. The number of anilines is 1. The first-order valence-corrected chi connectivity index (χ1v) is 14.7. The van der Waals surface area contributed by atoms with Crippen LogP contribution >= 0.6 is 23.2 Å². The summed E-state index contributed by atoms with van der Waals surface area (Å²) in [5.74, 6) is 0.0840. The smallest absolute Gasteiger partial charge is 0.257 e. The molecule has 8 nitrogen and oxygen atoms in total. The number of likely N-dealkylation sites (tertiary alicyclic amines) is 1. The number of hydrogen-bond donors (Lipinski definition) is 2. The van der Waals surface area contributed by atoms with Crippen molar-refractivity contribution in [3.8, 4) is 0 Å². The van der Waals surface area contributed by atoms with Crippen molar-refractivity contribution in [2.24, 2.45) is 0 Å². The maximum atomic E-state index is 13.1. The maximum absolute atomic E-state index is 13.1. The van der Waals surface area contributed by atoms with Gasteiger partial charge in [-0.1, -0.05) is 47.5 Å². The van der Waals surface area contributed by atoms with Crippen molar-refractivity contribution in [3.63, 3.8) is 0 Å². The zero-order valence-electron chi connectivity index (χ0n) is 22.6. The number of nitrogens with one attached hydrogen (secondary N) is 2. The number of amides is 2. The molecule has 0 bridgehead atoms. The number of rotatable bonds is 7. The van der Waals surface area contributed by atoms with Gasteiger partial charge >= 0.3 is 0 Å². The SMILES string of the molecule is O=C1CCCN(CCCC2(c3ccc(Cl)c(Cl)c3)CCN(C(=O)c3cn[nH]c3)C2)CCN(c2ccccc2)CN1. The Morgan fingerprint density at radius 2 is 1.88 bits per heavy atom. The number of aromatic nitrogens is 2. The second-order valence-corrected chi connectivity index (χ2v) is 11.6. The molecule has 1 aromatic heterocycles. The van der Waals surface area contributed by atoms with Crippen LogP contribution in [-0.4, -0.2) is 77.7 Å². The van der Waals surface area contributed by atoms with Gasteiger partial charge in [0.15, 0.2) is 0 Å². The molecular formula is C30H36Cl2N6O2. The van der Waals surface area contributed by atoms with Crippen LogP contribution in [0.3, 0.4) is 0 Å². The van der Waals surface area contributed by atoms with Crippen molar-refractivity contribution in [2.75, 3.05) is 50.8 Å². The molecule has 1 atom stereocenters. The van der Waals surface area contributed by atoms with Crippen molar-refractivity contribution in [2.45, 2.75) is 37.5 Å². The topological polar surface area (TPSA) is 84.6 Å². The Morgan fingerprint density at radius 3 is 2.65 bits per heavy atom. The molecule has 5 rings (SSSR count). The van der Waals surface area contributed by atoms with Crippen LogP contribution in [0.4, 0.5) is 5.69 Å². The van der Waals surface area contributed by atoms with Crippen LogP contribution in [-0.2, 0) is 10.2 Å². The van der Waals surface area contributed by atoms with E-state index >= 15 is 0 Å². The lowest BCUT2D eigenvalue weighted by Crippen LogP contribution is -2.44. The van der Waals surface area contributed by atoms with Crippen molar-refractivity contribution >= 4 is 40.7 Å². The van der Waals surface area contributed by atoms with Gasteiger partial charge in [0.2, 0.25) is 5.91 Å². The fourth-order valence-corrected chi connectivity index (χ4v) is 6.22. The third-order valence-electron chi connectivity index (χ3n) is 8.20. The lowest BCUT2D eigenvalue weighted by Gasteiger charge is -2.33. The highest BCUT2D eigenvalue weighted by Gasteiger charge is 2.41. The highest BCUT2D eigenvalue weighted by Crippen LogP contribution is 2.41. The van der Waals surface area contributed by atoms with Crippen LogP contribution in [0.2, 0.25) is 10.0 Å². The normalized spacial score (nSPS) is 20.9. The average Bonchev–Trinajstić information content (AvgIpc) is 3.66. The standard InChI is InChI=1S/C30H36Cl2N6O2/c31-26-10-9-24(18-27(26)32)30(12-15-37(21-30)29(40)23-19-34-35-20-23)11-5-14-36-13-4-8-28(39)33-22-38(17-16-36)25-6-2-1-3-7-25/h1-3,6-7,9-10,18-20H,4-5,8,11-17,21-22H2,(H,33,39)(H,34,35). The fraction of sp³-hybridized carbons (Fsp3) is 0.433. The van der Waals surface area contributed by atoms with Crippen molar-refractivity contribution in [1.29, 1.82) is 0 Å². The lowest BCUT2D eigenvalue weighted by atomic mass is 9.76. The number of aromatic amines is 1. The highest BCUT2D eigenvalue weighted by molar-refractivity contribution is 6.42. The molecule has 10 heteroatoms. The molecule has 2 saturated heterocycles. The third kappa shape index (κ3) is 6.79. The van der Waals surface area contributed by atoms with E-state index in [1.54, 1.807) is 12.4 Å². The van der Waals surface area contributed by atoms with E-state index in [0.717, 1.165) is 63.1 Å². The zero-order chi connectivity index (χ0) is 28.0. The Hall–Kier alpha value is -3.07. The molecule has 212 valence electrons. The Morgan fingerprint density at radius 1 is 1.02 bits per heavy atom. The average molecular weight is 584 g/mol. The summed E-state index contributed by atoms with van der Waals surface area (Å²) in [4.78, 5) is 32.2. The summed E-state index contributed by atoms with van der Waals surface area (Å²) in [5, 5.41) is 10.8. The molecule has 2 aliphatic rings. The van der Waals surface area contributed by atoms with Crippen molar-refractivity contribution < 1.29 is 9.59 Å². The number of halogens is 2. The quantitative estimate of drug-likeness (QED) is 0.411. The Kier molecular flexibility index (Phi) is 9.29. The summed E-state index contributed by atoms with van der Waals surface area (Å²) in [6, 6.07) is 16.1. The fourth-order valence-electron chi connectivity index (χ4n) is 5.92. The number of nitrogens with zero attached hydrogens (tertiary/aromatic N) is 4.